The largest absolute Gasteiger partial charge is 0.352 e. The summed E-state index contributed by atoms with van der Waals surface area (Å²) in [6.07, 6.45) is 9.64. The fourth-order valence-electron chi connectivity index (χ4n) is 4.97. The van der Waals surface area contributed by atoms with Crippen LogP contribution in [-0.4, -0.2) is 19.5 Å². The van der Waals surface area contributed by atoms with Crippen LogP contribution in [-0.2, 0) is 15.9 Å². The zero-order chi connectivity index (χ0) is 27.8. The van der Waals surface area contributed by atoms with Gasteiger partial charge in [-0.15, -0.1) is 0 Å². The second-order valence-corrected chi connectivity index (χ2v) is 10.1. The monoisotopic (exact) mass is 540 g/mol. The van der Waals surface area contributed by atoms with Crippen LogP contribution in [0.4, 0.5) is 17.6 Å². The van der Waals surface area contributed by atoms with Gasteiger partial charge >= 0.3 is 0 Å². The molecular weight excluding hydrogens is 504 g/mol. The molecule has 0 unspecified atom stereocenters. The molecule has 1 aliphatic heterocycles. The van der Waals surface area contributed by atoms with Crippen LogP contribution in [0.25, 0.3) is 22.3 Å². The van der Waals surface area contributed by atoms with Gasteiger partial charge in [0.05, 0.1) is 13.2 Å². The molecule has 3 aromatic rings. The smallest absolute Gasteiger partial charge is 0.166 e. The van der Waals surface area contributed by atoms with E-state index in [-0.39, 0.29) is 36.2 Å². The van der Waals surface area contributed by atoms with E-state index in [9.17, 15) is 8.78 Å². The van der Waals surface area contributed by atoms with E-state index in [1.807, 2.05) is 19.1 Å². The molecule has 208 valence electrons. The van der Waals surface area contributed by atoms with Crippen molar-refractivity contribution in [2.75, 3.05) is 13.2 Å². The third kappa shape index (κ3) is 6.98. The number of halogens is 4. The molecule has 0 atom stereocenters. The van der Waals surface area contributed by atoms with Gasteiger partial charge in [0, 0.05) is 23.5 Å². The molecule has 1 fully saturated rings. The summed E-state index contributed by atoms with van der Waals surface area (Å²) in [7, 11) is 0. The van der Waals surface area contributed by atoms with Gasteiger partial charge in [0.15, 0.2) is 29.6 Å². The predicted molar refractivity (Wildman–Crippen MR) is 147 cm³/mol. The van der Waals surface area contributed by atoms with Crippen molar-refractivity contribution in [3.05, 3.63) is 95.1 Å². The molecule has 0 saturated carbocycles. The highest BCUT2D eigenvalue weighted by molar-refractivity contribution is 5.71. The molecule has 39 heavy (non-hydrogen) atoms. The number of hydrogen-bond donors (Lipinski definition) is 0. The van der Waals surface area contributed by atoms with Crippen molar-refractivity contribution in [1.29, 1.82) is 0 Å². The van der Waals surface area contributed by atoms with Gasteiger partial charge in [-0.25, -0.2) is 17.6 Å². The molecule has 0 radical (unpaired) electrons. The Hall–Kier alpha value is -2.96. The minimum atomic E-state index is -0.958. The molecule has 1 heterocycles. The second kappa shape index (κ2) is 13.9. The molecule has 1 aliphatic rings. The van der Waals surface area contributed by atoms with E-state index in [0.29, 0.717) is 29.5 Å². The lowest BCUT2D eigenvalue weighted by Crippen LogP contribution is -2.31. The van der Waals surface area contributed by atoms with E-state index in [1.54, 1.807) is 42.5 Å². The number of benzene rings is 3. The fraction of sp³-hybridized carbons (Fsp3) is 0.394. The van der Waals surface area contributed by atoms with Gasteiger partial charge in [-0.3, -0.25) is 0 Å². The zero-order valence-corrected chi connectivity index (χ0v) is 22.6. The highest BCUT2D eigenvalue weighted by Crippen LogP contribution is 2.34. The van der Waals surface area contributed by atoms with E-state index >= 15 is 8.78 Å². The molecule has 0 N–H and O–H groups in total. The summed E-state index contributed by atoms with van der Waals surface area (Å²) in [4.78, 5) is 0. The minimum Gasteiger partial charge on any atom is -0.352 e. The van der Waals surface area contributed by atoms with Gasteiger partial charge in [-0.2, -0.15) is 0 Å². The van der Waals surface area contributed by atoms with Crippen LogP contribution >= 0.6 is 0 Å². The SMILES string of the molecule is CC=CCCC1OCC(c2ccc(-c3ccc(-c4ccc(CCCCCC)c(F)c4F)cc3)c(F)c2F)CO1. The summed E-state index contributed by atoms with van der Waals surface area (Å²) >= 11 is 0. The quantitative estimate of drug-likeness (QED) is 0.137. The lowest BCUT2D eigenvalue weighted by atomic mass is 9.94. The molecule has 0 aliphatic carbocycles. The Bertz CT molecular complexity index is 1260. The molecule has 0 spiro atoms. The number of aryl methyl sites for hydroxylation is 1. The minimum absolute atomic E-state index is 0.0961. The highest BCUT2D eigenvalue weighted by Gasteiger charge is 2.27. The van der Waals surface area contributed by atoms with Gasteiger partial charge in [-0.05, 0) is 48.4 Å². The van der Waals surface area contributed by atoms with Crippen LogP contribution in [0.3, 0.4) is 0 Å². The molecule has 0 bridgehead atoms. The maximum absolute atomic E-state index is 15.1. The zero-order valence-electron chi connectivity index (χ0n) is 22.6. The third-order valence-corrected chi connectivity index (χ3v) is 7.29. The molecule has 4 rings (SSSR count). The van der Waals surface area contributed by atoms with Crippen molar-refractivity contribution in [3.8, 4) is 22.3 Å². The number of rotatable bonds is 11. The van der Waals surface area contributed by atoms with Crippen molar-refractivity contribution < 1.29 is 27.0 Å². The molecule has 1 saturated heterocycles. The van der Waals surface area contributed by atoms with Crippen molar-refractivity contribution in [2.45, 2.75) is 71.0 Å². The van der Waals surface area contributed by atoms with Crippen molar-refractivity contribution >= 4 is 0 Å². The Balaban J connectivity index is 1.46. The number of ether oxygens (including phenoxy) is 2. The number of hydrogen-bond acceptors (Lipinski definition) is 2. The van der Waals surface area contributed by atoms with Crippen LogP contribution in [0.5, 0.6) is 0 Å². The van der Waals surface area contributed by atoms with Crippen LogP contribution < -0.4 is 0 Å². The van der Waals surface area contributed by atoms with Gasteiger partial charge in [0.2, 0.25) is 0 Å². The van der Waals surface area contributed by atoms with E-state index in [1.165, 1.54) is 6.07 Å². The summed E-state index contributed by atoms with van der Waals surface area (Å²) in [5.41, 5.74) is 1.73. The van der Waals surface area contributed by atoms with Gasteiger partial charge in [0.25, 0.3) is 0 Å². The maximum Gasteiger partial charge on any atom is 0.166 e. The molecule has 0 amide bonds. The van der Waals surface area contributed by atoms with E-state index < -0.39 is 29.2 Å². The van der Waals surface area contributed by atoms with E-state index in [4.69, 9.17) is 9.47 Å². The summed E-state index contributed by atoms with van der Waals surface area (Å²) in [6, 6.07) is 12.7. The van der Waals surface area contributed by atoms with Crippen molar-refractivity contribution in [3.63, 3.8) is 0 Å². The summed E-state index contributed by atoms with van der Waals surface area (Å²) < 4.78 is 71.2. The Morgan fingerprint density at radius 1 is 0.744 bits per heavy atom. The standard InChI is InChI=1S/C33H36F4O2/c1-3-5-7-9-10-24-16-17-26(31(35)30(24)34)22-12-14-23(15-13-22)27-18-19-28(33(37)32(27)36)25-20-38-29(39-21-25)11-8-6-4-2/h4,6,12-19,25,29H,3,5,7-11,20-21H2,1-2H3. The maximum atomic E-state index is 15.1. The first kappa shape index (κ1) is 29.0. The Morgan fingerprint density at radius 3 is 1.97 bits per heavy atom. The topological polar surface area (TPSA) is 18.5 Å². The fourth-order valence-corrected chi connectivity index (χ4v) is 4.97. The van der Waals surface area contributed by atoms with Gasteiger partial charge in [-0.1, -0.05) is 86.9 Å². The lowest BCUT2D eigenvalue weighted by Gasteiger charge is -2.30. The third-order valence-electron chi connectivity index (χ3n) is 7.29. The van der Waals surface area contributed by atoms with Crippen molar-refractivity contribution in [1.82, 2.24) is 0 Å². The molecule has 0 aromatic heterocycles. The highest BCUT2D eigenvalue weighted by atomic mass is 19.2. The van der Waals surface area contributed by atoms with E-state index in [2.05, 4.69) is 6.92 Å². The Kier molecular flexibility index (Phi) is 10.4. The lowest BCUT2D eigenvalue weighted by molar-refractivity contribution is -0.189. The van der Waals surface area contributed by atoms with Gasteiger partial charge in [0.1, 0.15) is 0 Å². The van der Waals surface area contributed by atoms with Crippen LogP contribution in [0, 0.1) is 23.3 Å². The first-order chi connectivity index (χ1) is 18.9. The summed E-state index contributed by atoms with van der Waals surface area (Å²) in [6.45, 7) is 4.56. The summed E-state index contributed by atoms with van der Waals surface area (Å²) in [5, 5.41) is 0. The van der Waals surface area contributed by atoms with Crippen molar-refractivity contribution in [2.24, 2.45) is 0 Å². The average Bonchev–Trinajstić information content (AvgIpc) is 2.96. The number of unbranched alkanes of at least 4 members (excludes halogenated alkanes) is 3. The average molecular weight is 541 g/mol. The van der Waals surface area contributed by atoms with Crippen LogP contribution in [0.15, 0.2) is 60.7 Å². The normalized spacial score (nSPS) is 17.7. The van der Waals surface area contributed by atoms with Gasteiger partial charge < -0.3 is 9.47 Å². The first-order valence-electron chi connectivity index (χ1n) is 13.8. The molecular formula is C33H36F4O2. The van der Waals surface area contributed by atoms with Crippen LogP contribution in [0.2, 0.25) is 0 Å². The first-order valence-corrected chi connectivity index (χ1v) is 13.8. The van der Waals surface area contributed by atoms with E-state index in [0.717, 1.165) is 32.1 Å². The second-order valence-electron chi connectivity index (χ2n) is 10.1. The molecule has 3 aromatic carbocycles. The number of allylic oxidation sites excluding steroid dienone is 2. The molecule has 6 heteroatoms. The van der Waals surface area contributed by atoms with Crippen LogP contribution in [0.1, 0.15) is 69.4 Å². The molecule has 2 nitrogen and oxygen atoms in total. The summed E-state index contributed by atoms with van der Waals surface area (Å²) in [5.74, 6) is -4.00. The Morgan fingerprint density at radius 2 is 1.36 bits per heavy atom. The predicted octanol–water partition coefficient (Wildman–Crippen LogP) is 9.51. The Labute approximate surface area is 228 Å².